The van der Waals surface area contributed by atoms with Gasteiger partial charge in [-0.3, -0.25) is 4.98 Å². The number of methoxy groups -OCH3 is 1. The van der Waals surface area contributed by atoms with E-state index in [1.165, 1.54) is 0 Å². The summed E-state index contributed by atoms with van der Waals surface area (Å²) in [6.45, 7) is 7.64. The molecule has 4 heteroatoms. The van der Waals surface area contributed by atoms with Crippen molar-refractivity contribution in [1.29, 1.82) is 0 Å². The normalized spacial score (nSPS) is 15.9. The van der Waals surface area contributed by atoms with Crippen LogP contribution in [0.2, 0.25) is 0 Å². The SMILES string of the molecule is CCCNC(c1ncccc1OC)C(C)(CC)N(C)C. The van der Waals surface area contributed by atoms with Crippen molar-refractivity contribution in [1.82, 2.24) is 15.2 Å². The summed E-state index contributed by atoms with van der Waals surface area (Å²) in [5, 5.41) is 3.65. The first-order valence-electron chi connectivity index (χ1n) is 7.40. The van der Waals surface area contributed by atoms with Gasteiger partial charge in [-0.25, -0.2) is 0 Å². The van der Waals surface area contributed by atoms with E-state index < -0.39 is 0 Å². The maximum atomic E-state index is 5.50. The zero-order valence-corrected chi connectivity index (χ0v) is 13.7. The molecule has 0 bridgehead atoms. The molecule has 0 aliphatic rings. The predicted molar refractivity (Wildman–Crippen MR) is 84.2 cm³/mol. The average Bonchev–Trinajstić information content (AvgIpc) is 2.47. The molecule has 114 valence electrons. The highest BCUT2D eigenvalue weighted by molar-refractivity contribution is 5.32. The van der Waals surface area contributed by atoms with Crippen LogP contribution in [0.1, 0.15) is 45.3 Å². The largest absolute Gasteiger partial charge is 0.495 e. The van der Waals surface area contributed by atoms with Gasteiger partial charge in [0.05, 0.1) is 13.2 Å². The molecule has 0 aromatic carbocycles. The molecule has 20 heavy (non-hydrogen) atoms. The van der Waals surface area contributed by atoms with Crippen molar-refractivity contribution in [3.8, 4) is 5.75 Å². The summed E-state index contributed by atoms with van der Waals surface area (Å²) in [7, 11) is 5.95. The van der Waals surface area contributed by atoms with Crippen LogP contribution in [0.5, 0.6) is 5.75 Å². The maximum Gasteiger partial charge on any atom is 0.142 e. The van der Waals surface area contributed by atoms with Gasteiger partial charge in [0.1, 0.15) is 11.4 Å². The molecule has 0 amide bonds. The van der Waals surface area contributed by atoms with E-state index >= 15 is 0 Å². The Morgan fingerprint density at radius 3 is 2.60 bits per heavy atom. The Kier molecular flexibility index (Phi) is 6.43. The van der Waals surface area contributed by atoms with Crippen LogP contribution in [0.15, 0.2) is 18.3 Å². The smallest absolute Gasteiger partial charge is 0.142 e. The standard InChI is InChI=1S/C16H29N3O/c1-7-11-18-15(16(3,8-2)19(4)5)14-13(20-6)10-9-12-17-14/h9-10,12,15,18H,7-8,11H2,1-6H3. The summed E-state index contributed by atoms with van der Waals surface area (Å²) >= 11 is 0. The van der Waals surface area contributed by atoms with Gasteiger partial charge in [0, 0.05) is 11.7 Å². The number of rotatable bonds is 8. The summed E-state index contributed by atoms with van der Waals surface area (Å²) in [5.41, 5.74) is 0.970. The summed E-state index contributed by atoms with van der Waals surface area (Å²) < 4.78 is 5.50. The number of aromatic nitrogens is 1. The van der Waals surface area contributed by atoms with E-state index in [1.54, 1.807) is 7.11 Å². The molecular weight excluding hydrogens is 250 g/mol. The van der Waals surface area contributed by atoms with Crippen molar-refractivity contribution in [2.45, 2.75) is 45.2 Å². The zero-order valence-electron chi connectivity index (χ0n) is 13.7. The summed E-state index contributed by atoms with van der Waals surface area (Å²) in [6.07, 6.45) is 3.96. The van der Waals surface area contributed by atoms with E-state index in [0.29, 0.717) is 0 Å². The van der Waals surface area contributed by atoms with Crippen molar-refractivity contribution < 1.29 is 4.74 Å². The average molecular weight is 279 g/mol. The molecule has 0 spiro atoms. The van der Waals surface area contributed by atoms with Crippen LogP contribution >= 0.6 is 0 Å². The third-order valence-electron chi connectivity index (χ3n) is 4.25. The van der Waals surface area contributed by atoms with Gasteiger partial charge in [0.25, 0.3) is 0 Å². The Morgan fingerprint density at radius 1 is 1.40 bits per heavy atom. The third kappa shape index (κ3) is 3.49. The van der Waals surface area contributed by atoms with Crippen LogP contribution in [0, 0.1) is 0 Å². The molecule has 1 N–H and O–H groups in total. The van der Waals surface area contributed by atoms with E-state index in [-0.39, 0.29) is 11.6 Å². The molecule has 1 heterocycles. The summed E-state index contributed by atoms with van der Waals surface area (Å²) in [6, 6.07) is 4.03. The fourth-order valence-corrected chi connectivity index (χ4v) is 2.47. The first kappa shape index (κ1) is 16.9. The molecular formula is C16H29N3O. The van der Waals surface area contributed by atoms with E-state index in [1.807, 2.05) is 18.3 Å². The van der Waals surface area contributed by atoms with E-state index in [9.17, 15) is 0 Å². The molecule has 1 aromatic heterocycles. The van der Waals surface area contributed by atoms with Gasteiger partial charge in [0.15, 0.2) is 0 Å². The van der Waals surface area contributed by atoms with Crippen LogP contribution in [0.25, 0.3) is 0 Å². The van der Waals surface area contributed by atoms with Crippen LogP contribution in [-0.2, 0) is 0 Å². The number of likely N-dealkylation sites (N-methyl/N-ethyl adjacent to an activating group) is 1. The van der Waals surface area contributed by atoms with Crippen molar-refractivity contribution in [3.63, 3.8) is 0 Å². The summed E-state index contributed by atoms with van der Waals surface area (Å²) in [5.74, 6) is 0.850. The third-order valence-corrected chi connectivity index (χ3v) is 4.25. The van der Waals surface area contributed by atoms with E-state index in [0.717, 1.165) is 30.8 Å². The van der Waals surface area contributed by atoms with E-state index in [2.05, 4.69) is 50.1 Å². The minimum Gasteiger partial charge on any atom is -0.495 e. The molecule has 0 radical (unpaired) electrons. The molecule has 2 atom stereocenters. The van der Waals surface area contributed by atoms with Crippen LogP contribution in [0.3, 0.4) is 0 Å². The Bertz CT molecular complexity index is 408. The molecule has 0 saturated carbocycles. The quantitative estimate of drug-likeness (QED) is 0.794. The van der Waals surface area contributed by atoms with Crippen LogP contribution < -0.4 is 10.1 Å². The zero-order chi connectivity index (χ0) is 15.2. The predicted octanol–water partition coefficient (Wildman–Crippen LogP) is 2.86. The number of pyridine rings is 1. The van der Waals surface area contributed by atoms with Crippen molar-refractivity contribution in [2.75, 3.05) is 27.7 Å². The van der Waals surface area contributed by atoms with Gasteiger partial charge >= 0.3 is 0 Å². The van der Waals surface area contributed by atoms with Crippen LogP contribution in [0.4, 0.5) is 0 Å². The Labute approximate surface area is 123 Å². The second kappa shape index (κ2) is 7.60. The van der Waals surface area contributed by atoms with Crippen LogP contribution in [-0.4, -0.2) is 43.2 Å². The first-order valence-corrected chi connectivity index (χ1v) is 7.40. The lowest BCUT2D eigenvalue weighted by molar-refractivity contribution is 0.109. The van der Waals surface area contributed by atoms with Crippen molar-refractivity contribution >= 4 is 0 Å². The molecule has 0 saturated heterocycles. The minimum atomic E-state index is -0.0171. The Hall–Kier alpha value is -1.13. The lowest BCUT2D eigenvalue weighted by Gasteiger charge is -2.43. The van der Waals surface area contributed by atoms with Crippen molar-refractivity contribution in [2.24, 2.45) is 0 Å². The molecule has 1 aromatic rings. The molecule has 0 aliphatic carbocycles. The molecule has 0 fully saturated rings. The van der Waals surface area contributed by atoms with Gasteiger partial charge in [-0.1, -0.05) is 13.8 Å². The van der Waals surface area contributed by atoms with Gasteiger partial charge < -0.3 is 15.0 Å². The second-order valence-corrected chi connectivity index (χ2v) is 5.58. The fraction of sp³-hybridized carbons (Fsp3) is 0.688. The highest BCUT2D eigenvalue weighted by Gasteiger charge is 2.37. The molecule has 4 nitrogen and oxygen atoms in total. The first-order chi connectivity index (χ1) is 9.51. The fourth-order valence-electron chi connectivity index (χ4n) is 2.47. The number of nitrogens with one attached hydrogen (secondary N) is 1. The summed E-state index contributed by atoms with van der Waals surface area (Å²) in [4.78, 5) is 6.86. The van der Waals surface area contributed by atoms with E-state index in [4.69, 9.17) is 4.74 Å². The Morgan fingerprint density at radius 2 is 2.10 bits per heavy atom. The highest BCUT2D eigenvalue weighted by atomic mass is 16.5. The minimum absolute atomic E-state index is 0.0171. The number of hydrogen-bond acceptors (Lipinski definition) is 4. The number of hydrogen-bond donors (Lipinski definition) is 1. The van der Waals surface area contributed by atoms with Gasteiger partial charge in [-0.2, -0.15) is 0 Å². The maximum absolute atomic E-state index is 5.50. The van der Waals surface area contributed by atoms with Crippen molar-refractivity contribution in [3.05, 3.63) is 24.0 Å². The lowest BCUT2D eigenvalue weighted by atomic mass is 9.85. The molecule has 0 aliphatic heterocycles. The van der Waals surface area contributed by atoms with Gasteiger partial charge in [0.2, 0.25) is 0 Å². The highest BCUT2D eigenvalue weighted by Crippen LogP contribution is 2.35. The topological polar surface area (TPSA) is 37.4 Å². The monoisotopic (exact) mass is 279 g/mol. The molecule has 1 rings (SSSR count). The molecule has 2 unspecified atom stereocenters. The van der Waals surface area contributed by atoms with Gasteiger partial charge in [-0.05, 0) is 52.5 Å². The number of nitrogens with zero attached hydrogens (tertiary/aromatic N) is 2. The Balaban J connectivity index is 3.23. The lowest BCUT2D eigenvalue weighted by Crippen LogP contribution is -2.51. The number of ether oxygens (including phenoxy) is 1. The second-order valence-electron chi connectivity index (χ2n) is 5.58. The van der Waals surface area contributed by atoms with Gasteiger partial charge in [-0.15, -0.1) is 0 Å².